The molecule has 0 radical (unpaired) electrons. The van der Waals surface area contributed by atoms with E-state index in [0.717, 1.165) is 30.6 Å². The Morgan fingerprint density at radius 3 is 2.60 bits per heavy atom. The smallest absolute Gasteiger partial charge is 0.325 e. The van der Waals surface area contributed by atoms with Gasteiger partial charge in [0.15, 0.2) is 0 Å². The van der Waals surface area contributed by atoms with Crippen molar-refractivity contribution < 1.29 is 14.4 Å². The lowest BCUT2D eigenvalue weighted by Crippen LogP contribution is -2.46. The Bertz CT molecular complexity index is 653. The Hall–Kier alpha value is -2.37. The number of nitrogens with zero attached hydrogens (tertiary/aromatic N) is 1. The van der Waals surface area contributed by atoms with Gasteiger partial charge in [-0.25, -0.2) is 4.79 Å². The van der Waals surface area contributed by atoms with E-state index in [4.69, 9.17) is 0 Å². The second-order valence-electron chi connectivity index (χ2n) is 7.10. The highest BCUT2D eigenvalue weighted by Crippen LogP contribution is 2.34. The molecule has 2 fully saturated rings. The lowest BCUT2D eigenvalue weighted by molar-refractivity contribution is -0.135. The lowest BCUT2D eigenvalue weighted by atomic mass is 9.98. The fourth-order valence-corrected chi connectivity index (χ4v) is 3.70. The first-order valence-electron chi connectivity index (χ1n) is 8.97. The number of carbonyl (C=O) groups excluding carboxylic acids is 3. The molecule has 6 nitrogen and oxygen atoms in total. The number of benzene rings is 1. The third-order valence-corrected chi connectivity index (χ3v) is 5.12. The first-order chi connectivity index (χ1) is 12.0. The lowest BCUT2D eigenvalue weighted by Gasteiger charge is -2.20. The Balaban J connectivity index is 1.48. The number of amides is 4. The quantitative estimate of drug-likeness (QED) is 0.775. The van der Waals surface area contributed by atoms with Crippen LogP contribution in [0.4, 0.5) is 4.79 Å². The molecule has 6 heteroatoms. The molecule has 1 spiro atoms. The molecule has 1 aromatic rings. The molecule has 25 heavy (non-hydrogen) atoms. The molecule has 1 heterocycles. The summed E-state index contributed by atoms with van der Waals surface area (Å²) in [6.45, 7) is 1.73. The van der Waals surface area contributed by atoms with Crippen molar-refractivity contribution in [3.05, 3.63) is 35.9 Å². The summed E-state index contributed by atoms with van der Waals surface area (Å²) < 4.78 is 0. The number of rotatable bonds is 6. The minimum Gasteiger partial charge on any atom is -0.352 e. The minimum absolute atomic E-state index is 0.0195. The van der Waals surface area contributed by atoms with E-state index in [1.807, 2.05) is 25.1 Å². The predicted molar refractivity (Wildman–Crippen MR) is 93.8 cm³/mol. The van der Waals surface area contributed by atoms with Gasteiger partial charge in [0.25, 0.3) is 5.91 Å². The van der Waals surface area contributed by atoms with Crippen molar-refractivity contribution in [2.75, 3.05) is 6.54 Å². The van der Waals surface area contributed by atoms with Gasteiger partial charge in [0.2, 0.25) is 5.91 Å². The van der Waals surface area contributed by atoms with Crippen LogP contribution in [0, 0.1) is 0 Å². The largest absolute Gasteiger partial charge is 0.352 e. The molecule has 3 rings (SSSR count). The third kappa shape index (κ3) is 3.83. The van der Waals surface area contributed by atoms with E-state index >= 15 is 0 Å². The van der Waals surface area contributed by atoms with E-state index in [-0.39, 0.29) is 24.4 Å². The molecule has 1 aliphatic carbocycles. The van der Waals surface area contributed by atoms with Crippen molar-refractivity contribution in [1.82, 2.24) is 15.5 Å². The van der Waals surface area contributed by atoms with Crippen LogP contribution >= 0.6 is 0 Å². The van der Waals surface area contributed by atoms with Crippen LogP contribution in [0.15, 0.2) is 30.3 Å². The molecule has 0 aromatic heterocycles. The van der Waals surface area contributed by atoms with Crippen molar-refractivity contribution in [1.29, 1.82) is 0 Å². The first kappa shape index (κ1) is 17.5. The van der Waals surface area contributed by atoms with Crippen molar-refractivity contribution in [3.8, 4) is 0 Å². The van der Waals surface area contributed by atoms with Crippen molar-refractivity contribution >= 4 is 17.8 Å². The summed E-state index contributed by atoms with van der Waals surface area (Å²) in [5.74, 6) is -0.541. The van der Waals surface area contributed by atoms with Crippen LogP contribution in [0.3, 0.4) is 0 Å². The van der Waals surface area contributed by atoms with E-state index in [0.29, 0.717) is 12.8 Å². The highest BCUT2D eigenvalue weighted by atomic mass is 16.2. The standard InChI is InChI=1S/C19H25N3O3/c1-14(9-10-15-7-3-2-4-8-15)20-16(23)13-22-17(24)19(21-18(22)25)11-5-6-12-19/h2-4,7-8,14H,5-6,9-13H2,1H3,(H,20,23)(H,21,25). The number of nitrogens with one attached hydrogen (secondary N) is 2. The molecule has 134 valence electrons. The maximum absolute atomic E-state index is 12.5. The molecular weight excluding hydrogens is 318 g/mol. The van der Waals surface area contributed by atoms with Crippen molar-refractivity contribution in [2.24, 2.45) is 0 Å². The van der Waals surface area contributed by atoms with E-state index < -0.39 is 11.6 Å². The Kier molecular flexibility index (Phi) is 5.06. The summed E-state index contributed by atoms with van der Waals surface area (Å²) in [7, 11) is 0. The molecule has 1 atom stereocenters. The van der Waals surface area contributed by atoms with Crippen LogP contribution in [0.25, 0.3) is 0 Å². The molecule has 1 saturated carbocycles. The number of aryl methyl sites for hydroxylation is 1. The van der Waals surface area contributed by atoms with E-state index in [1.165, 1.54) is 5.56 Å². The number of urea groups is 1. The van der Waals surface area contributed by atoms with Crippen molar-refractivity contribution in [2.45, 2.75) is 57.0 Å². The van der Waals surface area contributed by atoms with Crippen LogP contribution < -0.4 is 10.6 Å². The van der Waals surface area contributed by atoms with Gasteiger partial charge in [-0.2, -0.15) is 0 Å². The SMILES string of the molecule is CC(CCc1ccccc1)NC(=O)CN1C(=O)NC2(CCCC2)C1=O. The highest BCUT2D eigenvalue weighted by molar-refractivity contribution is 6.09. The number of hydrogen-bond donors (Lipinski definition) is 2. The summed E-state index contributed by atoms with van der Waals surface area (Å²) >= 11 is 0. The molecule has 4 amide bonds. The number of imide groups is 1. The van der Waals surface area contributed by atoms with Crippen LogP contribution in [0.2, 0.25) is 0 Å². The van der Waals surface area contributed by atoms with Crippen LogP contribution in [-0.2, 0) is 16.0 Å². The monoisotopic (exact) mass is 343 g/mol. The molecule has 1 saturated heterocycles. The van der Waals surface area contributed by atoms with Crippen LogP contribution in [0.5, 0.6) is 0 Å². The molecule has 2 N–H and O–H groups in total. The Labute approximate surface area is 148 Å². The fourth-order valence-electron chi connectivity index (χ4n) is 3.70. The fraction of sp³-hybridized carbons (Fsp3) is 0.526. The normalized spacial score (nSPS) is 20.0. The van der Waals surface area contributed by atoms with Gasteiger partial charge in [-0.05, 0) is 38.2 Å². The Morgan fingerprint density at radius 1 is 1.24 bits per heavy atom. The summed E-state index contributed by atoms with van der Waals surface area (Å²) in [5.41, 5.74) is 0.469. The minimum atomic E-state index is -0.754. The van der Waals surface area contributed by atoms with E-state index in [1.54, 1.807) is 0 Å². The van der Waals surface area contributed by atoms with Crippen LogP contribution in [-0.4, -0.2) is 40.9 Å². The number of hydrogen-bond acceptors (Lipinski definition) is 3. The van der Waals surface area contributed by atoms with Crippen LogP contribution in [0.1, 0.15) is 44.6 Å². The van der Waals surface area contributed by atoms with Gasteiger partial charge in [0, 0.05) is 6.04 Å². The predicted octanol–water partition coefficient (Wildman–Crippen LogP) is 1.99. The van der Waals surface area contributed by atoms with Gasteiger partial charge < -0.3 is 10.6 Å². The van der Waals surface area contributed by atoms with Gasteiger partial charge in [0.05, 0.1) is 0 Å². The van der Waals surface area contributed by atoms with Gasteiger partial charge in [-0.1, -0.05) is 43.2 Å². The molecular formula is C19H25N3O3. The zero-order valence-electron chi connectivity index (χ0n) is 14.6. The maximum Gasteiger partial charge on any atom is 0.325 e. The van der Waals surface area contributed by atoms with Gasteiger partial charge >= 0.3 is 6.03 Å². The summed E-state index contributed by atoms with van der Waals surface area (Å²) in [6.07, 6.45) is 4.88. The van der Waals surface area contributed by atoms with E-state index in [2.05, 4.69) is 22.8 Å². The maximum atomic E-state index is 12.5. The molecule has 0 bridgehead atoms. The average Bonchev–Trinajstić information content (AvgIpc) is 3.15. The van der Waals surface area contributed by atoms with Gasteiger partial charge in [-0.3, -0.25) is 14.5 Å². The second kappa shape index (κ2) is 7.25. The van der Waals surface area contributed by atoms with Crippen molar-refractivity contribution in [3.63, 3.8) is 0 Å². The first-order valence-corrected chi connectivity index (χ1v) is 8.97. The van der Waals surface area contributed by atoms with Gasteiger partial charge in [-0.15, -0.1) is 0 Å². The summed E-state index contributed by atoms with van der Waals surface area (Å²) in [4.78, 5) is 37.9. The Morgan fingerprint density at radius 2 is 1.92 bits per heavy atom. The number of carbonyl (C=O) groups is 3. The zero-order valence-corrected chi connectivity index (χ0v) is 14.6. The highest BCUT2D eigenvalue weighted by Gasteiger charge is 2.52. The molecule has 1 aromatic carbocycles. The van der Waals surface area contributed by atoms with E-state index in [9.17, 15) is 14.4 Å². The van der Waals surface area contributed by atoms with Gasteiger partial charge in [0.1, 0.15) is 12.1 Å². The second-order valence-corrected chi connectivity index (χ2v) is 7.10. The summed E-state index contributed by atoms with van der Waals surface area (Å²) in [5, 5.41) is 5.68. The zero-order chi connectivity index (χ0) is 17.9. The molecule has 2 aliphatic rings. The average molecular weight is 343 g/mol. The molecule has 1 aliphatic heterocycles. The molecule has 1 unspecified atom stereocenters. The topological polar surface area (TPSA) is 78.5 Å². The third-order valence-electron chi connectivity index (χ3n) is 5.12. The summed E-state index contributed by atoms with van der Waals surface area (Å²) in [6, 6.07) is 9.62.